The van der Waals surface area contributed by atoms with Crippen molar-refractivity contribution >= 4 is 31.7 Å². The van der Waals surface area contributed by atoms with Crippen LogP contribution in [0.2, 0.25) is 0 Å². The van der Waals surface area contributed by atoms with Crippen molar-refractivity contribution < 1.29 is 14.3 Å². The van der Waals surface area contributed by atoms with Crippen molar-refractivity contribution in [2.75, 3.05) is 0 Å². The van der Waals surface area contributed by atoms with Gasteiger partial charge in [-0.15, -0.1) is 0 Å². The molecule has 9 heavy (non-hydrogen) atoms. The predicted molar refractivity (Wildman–Crippen MR) is 33.5 cm³/mol. The van der Waals surface area contributed by atoms with Gasteiger partial charge in [-0.2, -0.15) is 8.60 Å². The zero-order chi connectivity index (χ0) is 6.57. The topological polar surface area (TPSA) is 55.3 Å². The first-order valence-electron chi connectivity index (χ1n) is 2.48. The van der Waals surface area contributed by atoms with Gasteiger partial charge in [0.1, 0.15) is 0 Å². The first-order valence-corrected chi connectivity index (χ1v) is 3.57. The van der Waals surface area contributed by atoms with Gasteiger partial charge in [0.25, 0.3) is 0 Å². The molecule has 0 amide bonds. The van der Waals surface area contributed by atoms with E-state index in [2.05, 4.69) is 4.52 Å². The molecule has 0 saturated heterocycles. The van der Waals surface area contributed by atoms with E-state index in [4.69, 9.17) is 0 Å². The molecule has 5 heteroatoms. The van der Waals surface area contributed by atoms with E-state index in [0.717, 1.165) is 6.42 Å². The van der Waals surface area contributed by atoms with E-state index in [9.17, 15) is 9.79 Å². The monoisotopic (exact) mass is 160 g/mol. The Hall–Kier alpha value is 1.08. The average Bonchev–Trinajstić information content (AvgIpc) is 1.65. The molecule has 50 valence electrons. The first-order chi connectivity index (χ1) is 3.66. The summed E-state index contributed by atoms with van der Waals surface area (Å²) in [5, 5.41) is 0. The molecule has 0 saturated carbocycles. The third-order valence-electron chi connectivity index (χ3n) is 0.841. The van der Waals surface area contributed by atoms with Crippen molar-refractivity contribution in [2.24, 2.45) is 0 Å². The largest absolute Gasteiger partial charge is 2.00 e. The van der Waals surface area contributed by atoms with Gasteiger partial charge in [0.15, 0.2) is 0 Å². The van der Waals surface area contributed by atoms with Gasteiger partial charge in [-0.05, 0) is 13.3 Å². The van der Waals surface area contributed by atoms with Crippen LogP contribution in [0.4, 0.5) is 0 Å². The van der Waals surface area contributed by atoms with Crippen molar-refractivity contribution in [1.82, 2.24) is 0 Å². The van der Waals surface area contributed by atoms with Crippen LogP contribution in [-0.2, 0) is 4.52 Å². The van der Waals surface area contributed by atoms with Gasteiger partial charge in [-0.1, -0.05) is 6.92 Å². The van der Waals surface area contributed by atoms with E-state index in [-0.39, 0.29) is 29.2 Å². The molecule has 0 bridgehead atoms. The minimum Gasteiger partial charge on any atom is -0.820 e. The van der Waals surface area contributed by atoms with Crippen LogP contribution in [0.25, 0.3) is 0 Å². The summed E-state index contributed by atoms with van der Waals surface area (Å²) in [5.41, 5.74) is 0. The van der Waals surface area contributed by atoms with Crippen LogP contribution in [0.3, 0.4) is 0 Å². The fraction of sp³-hybridized carbons (Fsp3) is 1.00. The summed E-state index contributed by atoms with van der Waals surface area (Å²) in [6.07, 6.45) is 0.555. The third-order valence-corrected chi connectivity index (χ3v) is 1.37. The van der Waals surface area contributed by atoms with E-state index in [1.165, 1.54) is 0 Å². The van der Waals surface area contributed by atoms with E-state index in [1.807, 2.05) is 6.92 Å². The summed E-state index contributed by atoms with van der Waals surface area (Å²) < 4.78 is 4.35. The Labute approximate surface area is 72.6 Å². The Morgan fingerprint density at radius 1 is 1.56 bits per heavy atom. The van der Waals surface area contributed by atoms with Crippen molar-refractivity contribution in [1.29, 1.82) is 0 Å². The minimum atomic E-state index is -2.65. The minimum absolute atomic E-state index is 0. The molecule has 0 rings (SSSR count). The Morgan fingerprint density at radius 3 is 2.11 bits per heavy atom. The Morgan fingerprint density at radius 2 is 2.00 bits per heavy atom. The first kappa shape index (κ1) is 12.7. The summed E-state index contributed by atoms with van der Waals surface area (Å²) in [6.45, 7) is 3.58. The molecule has 0 N–H and O–H groups in total. The van der Waals surface area contributed by atoms with E-state index in [1.54, 1.807) is 6.92 Å². The normalized spacial score (nSPS) is 13.0. The Kier molecular flexibility index (Phi) is 10.2. The van der Waals surface area contributed by atoms with Crippen LogP contribution < -0.4 is 9.79 Å². The number of rotatable bonds is 3. The second-order valence-corrected chi connectivity index (χ2v) is 2.21. The molecule has 1 unspecified atom stereocenters. The fourth-order valence-corrected chi connectivity index (χ4v) is 0.664. The van der Waals surface area contributed by atoms with Gasteiger partial charge < -0.3 is 14.3 Å². The standard InChI is InChI=1S/C4H9O3P.Mg/c1-3-4(2)7-8(5)6;/h4H,3H2,1-2H3;/q-2;+2. The smallest absolute Gasteiger partial charge is 0.820 e. The summed E-state index contributed by atoms with van der Waals surface area (Å²) in [5.74, 6) is 0. The third kappa shape index (κ3) is 9.08. The molecule has 0 radical (unpaired) electrons. The van der Waals surface area contributed by atoms with Crippen LogP contribution >= 0.6 is 8.60 Å². The Balaban J connectivity index is 0. The van der Waals surface area contributed by atoms with E-state index in [0.29, 0.717) is 0 Å². The quantitative estimate of drug-likeness (QED) is 0.408. The molecule has 0 spiro atoms. The van der Waals surface area contributed by atoms with Gasteiger partial charge >= 0.3 is 23.1 Å². The van der Waals surface area contributed by atoms with Crippen LogP contribution in [0.15, 0.2) is 0 Å². The van der Waals surface area contributed by atoms with E-state index < -0.39 is 8.60 Å². The van der Waals surface area contributed by atoms with Crippen molar-refractivity contribution in [3.8, 4) is 0 Å². The molecule has 1 atom stereocenters. The summed E-state index contributed by atoms with van der Waals surface area (Å²) in [4.78, 5) is 19.6. The average molecular weight is 160 g/mol. The molecule has 0 aliphatic rings. The SMILES string of the molecule is CCC(C)OP([O-])[O-].[Mg+2]. The van der Waals surface area contributed by atoms with Crippen LogP contribution in [0.5, 0.6) is 0 Å². The maximum Gasteiger partial charge on any atom is 2.00 e. The van der Waals surface area contributed by atoms with Crippen LogP contribution in [0.1, 0.15) is 20.3 Å². The molecule has 3 nitrogen and oxygen atoms in total. The molecule has 0 aromatic rings. The zero-order valence-electron chi connectivity index (χ0n) is 5.66. The van der Waals surface area contributed by atoms with E-state index >= 15 is 0 Å². The van der Waals surface area contributed by atoms with Crippen molar-refractivity contribution in [3.63, 3.8) is 0 Å². The number of hydrogen-bond donors (Lipinski definition) is 0. The zero-order valence-corrected chi connectivity index (χ0v) is 7.97. The molecule has 0 fully saturated rings. The summed E-state index contributed by atoms with van der Waals surface area (Å²) in [7, 11) is -2.65. The molecular weight excluding hydrogens is 151 g/mol. The van der Waals surface area contributed by atoms with Gasteiger partial charge in [0, 0.05) is 0 Å². The van der Waals surface area contributed by atoms with Crippen LogP contribution in [-0.4, -0.2) is 29.2 Å². The molecular formula is C4H9MgO3P. The number of hydrogen-bond acceptors (Lipinski definition) is 3. The summed E-state index contributed by atoms with van der Waals surface area (Å²) in [6, 6.07) is 0. The maximum atomic E-state index is 9.78. The molecule has 0 aromatic heterocycles. The molecule has 0 aromatic carbocycles. The second kappa shape index (κ2) is 7.19. The Bertz CT molecular complexity index is 61.8. The van der Waals surface area contributed by atoms with Gasteiger partial charge in [0.2, 0.25) is 0 Å². The van der Waals surface area contributed by atoms with Gasteiger partial charge in [0.05, 0.1) is 6.10 Å². The van der Waals surface area contributed by atoms with Gasteiger partial charge in [-0.25, -0.2) is 0 Å². The van der Waals surface area contributed by atoms with Crippen LogP contribution in [0, 0.1) is 0 Å². The fourth-order valence-electron chi connectivity index (χ4n) is 0.221. The van der Waals surface area contributed by atoms with Gasteiger partial charge in [-0.3, -0.25) is 0 Å². The van der Waals surface area contributed by atoms with Crippen molar-refractivity contribution in [3.05, 3.63) is 0 Å². The molecule has 0 aliphatic carbocycles. The molecule has 0 aliphatic heterocycles. The van der Waals surface area contributed by atoms with Crippen molar-refractivity contribution in [2.45, 2.75) is 26.4 Å². The molecule has 0 heterocycles. The maximum absolute atomic E-state index is 9.78. The summed E-state index contributed by atoms with van der Waals surface area (Å²) >= 11 is 0. The predicted octanol–water partition coefficient (Wildman–Crippen LogP) is -0.632. The second-order valence-electron chi connectivity index (χ2n) is 1.55.